The van der Waals surface area contributed by atoms with Gasteiger partial charge in [-0.05, 0) is 48.9 Å². The number of ether oxygens (including phenoxy) is 2. The Morgan fingerprint density at radius 2 is 1.76 bits per heavy atom. The largest absolute Gasteiger partial charge is 0.494 e. The predicted octanol–water partition coefficient (Wildman–Crippen LogP) is 4.43. The summed E-state index contributed by atoms with van der Waals surface area (Å²) in [6, 6.07) is 13.6. The minimum Gasteiger partial charge on any atom is -0.494 e. The van der Waals surface area contributed by atoms with E-state index in [1.807, 2.05) is 6.07 Å². The fraction of sp³-hybridized carbons (Fsp3) is 0.300. The standard InChI is InChI=1S/C20H23NO4/c1-3-5-13-24-18-8-6-7-15(14-18)20(23)25-17-11-9-16(10-12-17)21-19(22)4-2/h6-12,14H,3-5,13H2,1-2H3,(H,21,22). The van der Waals surface area contributed by atoms with Crippen LogP contribution in [0.3, 0.4) is 0 Å². The Kier molecular flexibility index (Phi) is 7.01. The molecule has 1 amide bonds. The van der Waals surface area contributed by atoms with Gasteiger partial charge in [0.1, 0.15) is 11.5 Å². The molecule has 2 rings (SSSR count). The summed E-state index contributed by atoms with van der Waals surface area (Å²) in [4.78, 5) is 23.6. The molecule has 0 saturated carbocycles. The lowest BCUT2D eigenvalue weighted by Gasteiger charge is -2.09. The van der Waals surface area contributed by atoms with Gasteiger partial charge >= 0.3 is 5.97 Å². The first-order valence-corrected chi connectivity index (χ1v) is 8.47. The van der Waals surface area contributed by atoms with Gasteiger partial charge in [0.05, 0.1) is 12.2 Å². The van der Waals surface area contributed by atoms with Crippen molar-refractivity contribution in [2.75, 3.05) is 11.9 Å². The normalized spacial score (nSPS) is 10.2. The van der Waals surface area contributed by atoms with Crippen LogP contribution in [0.1, 0.15) is 43.5 Å². The topological polar surface area (TPSA) is 64.6 Å². The average Bonchev–Trinajstić information content (AvgIpc) is 2.63. The van der Waals surface area contributed by atoms with Gasteiger partial charge in [-0.25, -0.2) is 4.79 Å². The predicted molar refractivity (Wildman–Crippen MR) is 97.2 cm³/mol. The first-order valence-electron chi connectivity index (χ1n) is 8.47. The Hall–Kier alpha value is -2.82. The lowest BCUT2D eigenvalue weighted by Crippen LogP contribution is -2.10. The lowest BCUT2D eigenvalue weighted by atomic mass is 10.2. The molecule has 0 saturated heterocycles. The number of carbonyl (C=O) groups excluding carboxylic acids is 2. The van der Waals surface area contributed by atoms with Crippen LogP contribution >= 0.6 is 0 Å². The van der Waals surface area contributed by atoms with Gasteiger partial charge < -0.3 is 14.8 Å². The zero-order valence-electron chi connectivity index (χ0n) is 14.6. The number of anilines is 1. The molecule has 5 heteroatoms. The highest BCUT2D eigenvalue weighted by Crippen LogP contribution is 2.19. The highest BCUT2D eigenvalue weighted by molar-refractivity contribution is 5.92. The van der Waals surface area contributed by atoms with Crippen molar-refractivity contribution < 1.29 is 19.1 Å². The molecular weight excluding hydrogens is 318 g/mol. The van der Waals surface area contributed by atoms with Gasteiger partial charge in [0.25, 0.3) is 0 Å². The lowest BCUT2D eigenvalue weighted by molar-refractivity contribution is -0.115. The van der Waals surface area contributed by atoms with Gasteiger partial charge in [0.2, 0.25) is 5.91 Å². The Labute approximate surface area is 148 Å². The van der Waals surface area contributed by atoms with Crippen molar-refractivity contribution in [1.29, 1.82) is 0 Å². The fourth-order valence-electron chi connectivity index (χ4n) is 2.07. The minimum absolute atomic E-state index is 0.0652. The quantitative estimate of drug-likeness (QED) is 0.438. The van der Waals surface area contributed by atoms with E-state index in [4.69, 9.17) is 9.47 Å². The van der Waals surface area contributed by atoms with E-state index < -0.39 is 5.97 Å². The van der Waals surface area contributed by atoms with Gasteiger partial charge in [0.15, 0.2) is 0 Å². The summed E-state index contributed by atoms with van der Waals surface area (Å²) in [6.07, 6.45) is 2.43. The Morgan fingerprint density at radius 1 is 1.00 bits per heavy atom. The van der Waals surface area contributed by atoms with Crippen molar-refractivity contribution >= 4 is 17.6 Å². The monoisotopic (exact) mass is 341 g/mol. The summed E-state index contributed by atoms with van der Waals surface area (Å²) in [7, 11) is 0. The van der Waals surface area contributed by atoms with Crippen molar-refractivity contribution in [2.24, 2.45) is 0 Å². The molecule has 0 atom stereocenters. The first-order chi connectivity index (χ1) is 12.1. The molecule has 0 heterocycles. The van der Waals surface area contributed by atoms with Gasteiger partial charge in [0, 0.05) is 12.1 Å². The van der Waals surface area contributed by atoms with E-state index in [-0.39, 0.29) is 5.91 Å². The molecule has 0 aliphatic rings. The van der Waals surface area contributed by atoms with E-state index in [0.29, 0.717) is 35.8 Å². The van der Waals surface area contributed by atoms with Crippen LogP contribution in [-0.2, 0) is 4.79 Å². The zero-order valence-corrected chi connectivity index (χ0v) is 14.6. The molecule has 0 spiro atoms. The molecule has 0 bridgehead atoms. The average molecular weight is 341 g/mol. The molecule has 132 valence electrons. The third kappa shape index (κ3) is 5.95. The van der Waals surface area contributed by atoms with Crippen molar-refractivity contribution in [3.8, 4) is 11.5 Å². The van der Waals surface area contributed by atoms with Crippen LogP contribution < -0.4 is 14.8 Å². The molecule has 0 fully saturated rings. The molecule has 0 radical (unpaired) electrons. The fourth-order valence-corrected chi connectivity index (χ4v) is 2.07. The van der Waals surface area contributed by atoms with Crippen molar-refractivity contribution in [2.45, 2.75) is 33.1 Å². The molecule has 0 aliphatic carbocycles. The second kappa shape index (κ2) is 9.47. The van der Waals surface area contributed by atoms with E-state index in [1.165, 1.54) is 0 Å². The van der Waals surface area contributed by atoms with Gasteiger partial charge in [-0.2, -0.15) is 0 Å². The van der Waals surface area contributed by atoms with E-state index in [2.05, 4.69) is 12.2 Å². The van der Waals surface area contributed by atoms with Crippen LogP contribution in [0.25, 0.3) is 0 Å². The highest BCUT2D eigenvalue weighted by atomic mass is 16.5. The maximum atomic E-state index is 12.3. The van der Waals surface area contributed by atoms with E-state index in [9.17, 15) is 9.59 Å². The van der Waals surface area contributed by atoms with Crippen molar-refractivity contribution in [3.63, 3.8) is 0 Å². The van der Waals surface area contributed by atoms with Crippen LogP contribution in [0.2, 0.25) is 0 Å². The van der Waals surface area contributed by atoms with Gasteiger partial charge in [-0.1, -0.05) is 26.3 Å². The number of carbonyl (C=O) groups is 2. The van der Waals surface area contributed by atoms with E-state index in [0.717, 1.165) is 12.8 Å². The molecule has 0 unspecified atom stereocenters. The van der Waals surface area contributed by atoms with Crippen LogP contribution in [-0.4, -0.2) is 18.5 Å². The summed E-state index contributed by atoms with van der Waals surface area (Å²) in [5.41, 5.74) is 1.09. The maximum absolute atomic E-state index is 12.3. The molecular formula is C20H23NO4. The first kappa shape index (κ1) is 18.5. The number of esters is 1. The SMILES string of the molecule is CCCCOc1cccc(C(=O)Oc2ccc(NC(=O)CC)cc2)c1. The van der Waals surface area contributed by atoms with Crippen molar-refractivity contribution in [3.05, 3.63) is 54.1 Å². The number of amides is 1. The number of nitrogens with one attached hydrogen (secondary N) is 1. The number of rotatable bonds is 8. The summed E-state index contributed by atoms with van der Waals surface area (Å²) >= 11 is 0. The van der Waals surface area contributed by atoms with Gasteiger partial charge in [-0.3, -0.25) is 4.79 Å². The minimum atomic E-state index is -0.453. The zero-order chi connectivity index (χ0) is 18.1. The maximum Gasteiger partial charge on any atom is 0.343 e. The summed E-state index contributed by atoms with van der Waals surface area (Å²) in [5.74, 6) is 0.549. The number of benzene rings is 2. The second-order valence-corrected chi connectivity index (χ2v) is 5.55. The molecule has 2 aromatic carbocycles. The molecule has 2 aromatic rings. The summed E-state index contributed by atoms with van der Waals surface area (Å²) in [5, 5.41) is 2.74. The molecule has 1 N–H and O–H groups in total. The number of hydrogen-bond acceptors (Lipinski definition) is 4. The highest BCUT2D eigenvalue weighted by Gasteiger charge is 2.10. The Morgan fingerprint density at radius 3 is 2.44 bits per heavy atom. The Bertz CT molecular complexity index is 710. The smallest absolute Gasteiger partial charge is 0.343 e. The van der Waals surface area contributed by atoms with E-state index >= 15 is 0 Å². The summed E-state index contributed by atoms with van der Waals surface area (Å²) < 4.78 is 11.0. The number of hydrogen-bond donors (Lipinski definition) is 1. The second-order valence-electron chi connectivity index (χ2n) is 5.55. The van der Waals surface area contributed by atoms with Crippen LogP contribution in [0.15, 0.2) is 48.5 Å². The number of unbranched alkanes of at least 4 members (excludes halogenated alkanes) is 1. The molecule has 25 heavy (non-hydrogen) atoms. The summed E-state index contributed by atoms with van der Waals surface area (Å²) in [6.45, 7) is 4.50. The van der Waals surface area contributed by atoms with Crippen LogP contribution in [0.5, 0.6) is 11.5 Å². The molecule has 0 aliphatic heterocycles. The van der Waals surface area contributed by atoms with Crippen LogP contribution in [0, 0.1) is 0 Å². The molecule has 0 aromatic heterocycles. The third-order valence-electron chi connectivity index (χ3n) is 3.51. The van der Waals surface area contributed by atoms with Crippen molar-refractivity contribution in [1.82, 2.24) is 0 Å². The van der Waals surface area contributed by atoms with Gasteiger partial charge in [-0.15, -0.1) is 0 Å². The van der Waals surface area contributed by atoms with Crippen LogP contribution in [0.4, 0.5) is 5.69 Å². The van der Waals surface area contributed by atoms with E-state index in [1.54, 1.807) is 49.4 Å². The third-order valence-corrected chi connectivity index (χ3v) is 3.51. The Balaban J connectivity index is 1.97. The molecule has 5 nitrogen and oxygen atoms in total.